The van der Waals surface area contributed by atoms with Crippen molar-refractivity contribution in [3.05, 3.63) is 0 Å². The van der Waals surface area contributed by atoms with Gasteiger partial charge in [0.15, 0.2) is 0 Å². The average Bonchev–Trinajstić information content (AvgIpc) is 2.21. The van der Waals surface area contributed by atoms with Crippen molar-refractivity contribution in [3.63, 3.8) is 0 Å². The van der Waals surface area contributed by atoms with E-state index in [9.17, 15) is 9.90 Å². The Morgan fingerprint density at radius 2 is 2.31 bits per heavy atom. The number of piperidine rings is 1. The van der Waals surface area contributed by atoms with E-state index < -0.39 is 0 Å². The molecule has 0 unspecified atom stereocenters. The van der Waals surface area contributed by atoms with Crippen molar-refractivity contribution in [3.8, 4) is 6.07 Å². The quantitative estimate of drug-likeness (QED) is 0.782. The fourth-order valence-electron chi connectivity index (χ4n) is 2.26. The van der Waals surface area contributed by atoms with Crippen LogP contribution in [0.4, 0.5) is 0 Å². The van der Waals surface area contributed by atoms with Crippen molar-refractivity contribution in [2.45, 2.75) is 39.2 Å². The fourth-order valence-corrected chi connectivity index (χ4v) is 2.26. The van der Waals surface area contributed by atoms with Gasteiger partial charge in [0, 0.05) is 19.0 Å². The van der Waals surface area contributed by atoms with Gasteiger partial charge in [-0.2, -0.15) is 5.26 Å². The van der Waals surface area contributed by atoms with Crippen molar-refractivity contribution in [2.75, 3.05) is 13.1 Å². The maximum atomic E-state index is 11.6. The second-order valence-electron chi connectivity index (χ2n) is 4.92. The molecule has 1 amide bonds. The van der Waals surface area contributed by atoms with Gasteiger partial charge in [0.25, 0.3) is 0 Å². The third-order valence-corrected chi connectivity index (χ3v) is 3.05. The number of aliphatic hydroxyl groups is 1. The summed E-state index contributed by atoms with van der Waals surface area (Å²) in [6.07, 6.45) is 1.21. The summed E-state index contributed by atoms with van der Waals surface area (Å²) >= 11 is 0. The predicted molar refractivity (Wildman–Crippen MR) is 60.4 cm³/mol. The molecule has 0 aromatic heterocycles. The van der Waals surface area contributed by atoms with Gasteiger partial charge < -0.3 is 10.0 Å². The molecule has 2 atom stereocenters. The first-order chi connectivity index (χ1) is 7.54. The van der Waals surface area contributed by atoms with Gasteiger partial charge in [0.1, 0.15) is 6.42 Å². The maximum Gasteiger partial charge on any atom is 0.236 e. The van der Waals surface area contributed by atoms with Crippen LogP contribution in [0.2, 0.25) is 0 Å². The molecule has 16 heavy (non-hydrogen) atoms. The number of carbonyl (C=O) groups excluding carboxylic acids is 1. The molecule has 1 aliphatic heterocycles. The normalized spacial score (nSPS) is 25.6. The third kappa shape index (κ3) is 3.49. The molecule has 1 heterocycles. The molecule has 0 radical (unpaired) electrons. The average molecular weight is 224 g/mol. The Balaban J connectivity index is 2.53. The molecular formula is C12H20N2O2. The van der Waals surface area contributed by atoms with Crippen LogP contribution in [0.15, 0.2) is 0 Å². The van der Waals surface area contributed by atoms with E-state index in [2.05, 4.69) is 13.8 Å². The Bertz CT molecular complexity index is 283. The highest BCUT2D eigenvalue weighted by Gasteiger charge is 2.30. The molecule has 90 valence electrons. The molecule has 1 rings (SSSR count). The van der Waals surface area contributed by atoms with E-state index in [1.807, 2.05) is 6.07 Å². The van der Waals surface area contributed by atoms with Crippen LogP contribution in [0.1, 0.15) is 33.1 Å². The van der Waals surface area contributed by atoms with E-state index in [-0.39, 0.29) is 24.3 Å². The molecule has 4 heteroatoms. The number of amides is 1. The van der Waals surface area contributed by atoms with Crippen LogP contribution in [0, 0.1) is 23.2 Å². The van der Waals surface area contributed by atoms with Gasteiger partial charge >= 0.3 is 0 Å². The van der Waals surface area contributed by atoms with Crippen LogP contribution in [0.5, 0.6) is 0 Å². The summed E-state index contributed by atoms with van der Waals surface area (Å²) in [4.78, 5) is 13.3. The Morgan fingerprint density at radius 3 is 2.88 bits per heavy atom. The first-order valence-corrected chi connectivity index (χ1v) is 5.87. The Labute approximate surface area is 96.9 Å². The van der Waals surface area contributed by atoms with E-state index in [1.165, 1.54) is 0 Å². The number of carbonyl (C=O) groups is 1. The van der Waals surface area contributed by atoms with Gasteiger partial charge in [0.2, 0.25) is 5.91 Å². The Hall–Kier alpha value is -1.08. The van der Waals surface area contributed by atoms with Crippen LogP contribution in [0.3, 0.4) is 0 Å². The summed E-state index contributed by atoms with van der Waals surface area (Å²) in [6, 6.07) is 1.88. The zero-order valence-electron chi connectivity index (χ0n) is 10.0. The minimum atomic E-state index is -0.298. The number of aliphatic hydroxyl groups excluding tert-OH is 1. The lowest BCUT2D eigenvalue weighted by Crippen LogP contribution is -2.46. The smallest absolute Gasteiger partial charge is 0.236 e. The molecule has 1 aliphatic rings. The summed E-state index contributed by atoms with van der Waals surface area (Å²) in [6.45, 7) is 5.40. The number of hydrogen-bond acceptors (Lipinski definition) is 3. The highest BCUT2D eigenvalue weighted by Crippen LogP contribution is 2.24. The molecule has 0 saturated carbocycles. The number of nitriles is 1. The second kappa shape index (κ2) is 5.86. The van der Waals surface area contributed by atoms with Gasteiger partial charge in [-0.1, -0.05) is 13.8 Å². The standard InChI is InChI=1S/C12H20N2O2/c1-9(2)7-10-8-14(6-4-11(10)15)12(16)3-5-13/h9-11,15H,3-4,6-8H2,1-2H3/t10-,11-/m1/s1. The summed E-state index contributed by atoms with van der Waals surface area (Å²) in [5.41, 5.74) is 0. The zero-order valence-corrected chi connectivity index (χ0v) is 10.0. The van der Waals surface area contributed by atoms with Gasteiger partial charge in [-0.15, -0.1) is 0 Å². The van der Waals surface area contributed by atoms with Crippen molar-refractivity contribution in [1.29, 1.82) is 5.26 Å². The zero-order chi connectivity index (χ0) is 12.1. The van der Waals surface area contributed by atoms with Gasteiger partial charge in [-0.25, -0.2) is 0 Å². The van der Waals surface area contributed by atoms with Crippen molar-refractivity contribution < 1.29 is 9.90 Å². The van der Waals surface area contributed by atoms with Crippen LogP contribution in [-0.4, -0.2) is 35.1 Å². The summed E-state index contributed by atoms with van der Waals surface area (Å²) < 4.78 is 0. The van der Waals surface area contributed by atoms with Crippen LogP contribution < -0.4 is 0 Å². The van der Waals surface area contributed by atoms with Crippen LogP contribution >= 0.6 is 0 Å². The van der Waals surface area contributed by atoms with Gasteiger partial charge in [-0.05, 0) is 18.8 Å². The third-order valence-electron chi connectivity index (χ3n) is 3.05. The molecule has 4 nitrogen and oxygen atoms in total. The Morgan fingerprint density at radius 1 is 1.62 bits per heavy atom. The molecule has 1 saturated heterocycles. The molecule has 0 bridgehead atoms. The van der Waals surface area contributed by atoms with Crippen molar-refractivity contribution in [1.82, 2.24) is 4.90 Å². The summed E-state index contributed by atoms with van der Waals surface area (Å²) in [5, 5.41) is 18.3. The Kier molecular flexibility index (Phi) is 4.75. The van der Waals surface area contributed by atoms with E-state index in [4.69, 9.17) is 5.26 Å². The lowest BCUT2D eigenvalue weighted by molar-refractivity contribution is -0.134. The van der Waals surface area contributed by atoms with Gasteiger partial charge in [-0.3, -0.25) is 4.79 Å². The molecule has 1 fully saturated rings. The molecular weight excluding hydrogens is 204 g/mol. The topological polar surface area (TPSA) is 64.3 Å². The van der Waals surface area contributed by atoms with Crippen LogP contribution in [0.25, 0.3) is 0 Å². The lowest BCUT2D eigenvalue weighted by Gasteiger charge is -2.36. The number of rotatable bonds is 3. The number of hydrogen-bond donors (Lipinski definition) is 1. The second-order valence-corrected chi connectivity index (χ2v) is 4.92. The number of likely N-dealkylation sites (tertiary alicyclic amines) is 1. The SMILES string of the molecule is CC(C)C[C@@H]1CN(C(=O)CC#N)CC[C@H]1O. The van der Waals surface area contributed by atoms with Gasteiger partial charge in [0.05, 0.1) is 12.2 Å². The lowest BCUT2D eigenvalue weighted by atomic mass is 9.87. The van der Waals surface area contributed by atoms with E-state index in [0.717, 1.165) is 6.42 Å². The van der Waals surface area contributed by atoms with E-state index >= 15 is 0 Å². The predicted octanol–water partition coefficient (Wildman–Crippen LogP) is 1.16. The summed E-state index contributed by atoms with van der Waals surface area (Å²) in [7, 11) is 0. The molecule has 0 aromatic carbocycles. The molecule has 1 N–H and O–H groups in total. The minimum absolute atomic E-state index is 0.0511. The fraction of sp³-hybridized carbons (Fsp3) is 0.833. The highest BCUT2D eigenvalue weighted by atomic mass is 16.3. The first-order valence-electron chi connectivity index (χ1n) is 5.87. The van der Waals surface area contributed by atoms with Crippen molar-refractivity contribution in [2.24, 2.45) is 11.8 Å². The van der Waals surface area contributed by atoms with Crippen LogP contribution in [-0.2, 0) is 4.79 Å². The molecule has 0 aromatic rings. The number of nitrogens with zero attached hydrogens (tertiary/aromatic N) is 2. The summed E-state index contributed by atoms with van der Waals surface area (Å²) in [5.74, 6) is 0.574. The largest absolute Gasteiger partial charge is 0.393 e. The highest BCUT2D eigenvalue weighted by molar-refractivity contribution is 5.78. The first kappa shape index (κ1) is 13.0. The van der Waals surface area contributed by atoms with E-state index in [1.54, 1.807) is 4.90 Å². The monoisotopic (exact) mass is 224 g/mol. The minimum Gasteiger partial charge on any atom is -0.393 e. The van der Waals surface area contributed by atoms with Crippen molar-refractivity contribution >= 4 is 5.91 Å². The molecule has 0 spiro atoms. The molecule has 0 aliphatic carbocycles. The maximum absolute atomic E-state index is 11.6. The van der Waals surface area contributed by atoms with E-state index in [0.29, 0.717) is 25.4 Å².